The molecule has 2 heterocycles. The normalized spacial score (nSPS) is 13.1. The number of halogens is 3. The first-order valence-electron chi connectivity index (χ1n) is 10.3. The molecular formula is C23H20F3N5O3. The highest BCUT2D eigenvalue weighted by molar-refractivity contribution is 5.82. The Morgan fingerprint density at radius 3 is 2.50 bits per heavy atom. The Bertz CT molecular complexity index is 1510. The minimum atomic E-state index is -1.38. The first kappa shape index (κ1) is 23.0. The van der Waals surface area contributed by atoms with Crippen molar-refractivity contribution in [1.82, 2.24) is 24.4 Å². The average molecular weight is 471 g/mol. The molecule has 4 rings (SSSR count). The summed E-state index contributed by atoms with van der Waals surface area (Å²) in [5, 5.41) is 2.46. The minimum absolute atomic E-state index is 0.0215. The number of imidazole rings is 1. The predicted octanol–water partition coefficient (Wildman–Crippen LogP) is 2.50. The molecule has 2 N–H and O–H groups in total. The third-order valence-electron chi connectivity index (χ3n) is 5.45. The summed E-state index contributed by atoms with van der Waals surface area (Å²) < 4.78 is 43.6. The van der Waals surface area contributed by atoms with Gasteiger partial charge in [0.25, 0.3) is 5.56 Å². The van der Waals surface area contributed by atoms with Gasteiger partial charge in [0, 0.05) is 31.3 Å². The smallest absolute Gasteiger partial charge is 0.329 e. The third kappa shape index (κ3) is 4.49. The Balaban J connectivity index is 1.77. The Labute approximate surface area is 190 Å². The zero-order valence-electron chi connectivity index (χ0n) is 18.2. The molecule has 11 heteroatoms. The van der Waals surface area contributed by atoms with E-state index in [1.807, 2.05) is 0 Å². The molecular weight excluding hydrogens is 451 g/mol. The summed E-state index contributed by atoms with van der Waals surface area (Å²) in [5.41, 5.74) is -1.19. The van der Waals surface area contributed by atoms with Crippen LogP contribution in [-0.4, -0.2) is 25.0 Å². The van der Waals surface area contributed by atoms with Crippen LogP contribution in [0, 0.1) is 17.5 Å². The number of amides is 1. The SMILES string of the molecule is C[C@H](NC(=O)[C@H](Cc1cn(C)cn1)n1c(=O)[nH]c2ccc(F)cc2c1=O)c1ccc(F)cc1F. The van der Waals surface area contributed by atoms with E-state index in [1.54, 1.807) is 17.8 Å². The molecule has 0 radical (unpaired) electrons. The van der Waals surface area contributed by atoms with Gasteiger partial charge >= 0.3 is 5.69 Å². The van der Waals surface area contributed by atoms with Gasteiger partial charge in [-0.05, 0) is 31.2 Å². The molecule has 0 unspecified atom stereocenters. The van der Waals surface area contributed by atoms with E-state index < -0.39 is 46.7 Å². The zero-order chi connectivity index (χ0) is 24.6. The molecule has 2 atom stereocenters. The number of hydrogen-bond acceptors (Lipinski definition) is 4. The van der Waals surface area contributed by atoms with Crippen molar-refractivity contribution in [1.29, 1.82) is 0 Å². The van der Waals surface area contributed by atoms with Crippen molar-refractivity contribution in [2.45, 2.75) is 25.4 Å². The molecule has 0 aliphatic carbocycles. The first-order valence-corrected chi connectivity index (χ1v) is 10.3. The first-order chi connectivity index (χ1) is 16.1. The quantitative estimate of drug-likeness (QED) is 0.451. The van der Waals surface area contributed by atoms with Crippen molar-refractivity contribution in [3.63, 3.8) is 0 Å². The average Bonchev–Trinajstić information content (AvgIpc) is 3.18. The fourth-order valence-corrected chi connectivity index (χ4v) is 3.79. The third-order valence-corrected chi connectivity index (χ3v) is 5.45. The molecule has 2 aromatic carbocycles. The number of carbonyl (C=O) groups excluding carboxylic acids is 1. The number of fused-ring (bicyclic) bond motifs is 1. The van der Waals surface area contributed by atoms with Gasteiger partial charge < -0.3 is 14.9 Å². The molecule has 8 nitrogen and oxygen atoms in total. The van der Waals surface area contributed by atoms with E-state index in [9.17, 15) is 27.6 Å². The molecule has 2 aromatic heterocycles. The molecule has 0 fully saturated rings. The van der Waals surface area contributed by atoms with E-state index in [0.717, 1.165) is 18.2 Å². The Kier molecular flexibility index (Phi) is 6.10. The molecule has 4 aromatic rings. The van der Waals surface area contributed by atoms with Crippen LogP contribution < -0.4 is 16.6 Å². The van der Waals surface area contributed by atoms with Crippen molar-refractivity contribution < 1.29 is 18.0 Å². The van der Waals surface area contributed by atoms with Crippen molar-refractivity contribution >= 4 is 16.8 Å². The Hall–Kier alpha value is -4.15. The van der Waals surface area contributed by atoms with Crippen molar-refractivity contribution in [3.8, 4) is 0 Å². The van der Waals surface area contributed by atoms with Gasteiger partial charge in [0.2, 0.25) is 5.91 Å². The Morgan fingerprint density at radius 1 is 1.12 bits per heavy atom. The van der Waals surface area contributed by atoms with E-state index in [4.69, 9.17) is 0 Å². The largest absolute Gasteiger partial charge is 0.348 e. The molecule has 0 saturated carbocycles. The summed E-state index contributed by atoms with van der Waals surface area (Å²) >= 11 is 0. The minimum Gasteiger partial charge on any atom is -0.348 e. The van der Waals surface area contributed by atoms with Gasteiger partial charge in [0.15, 0.2) is 0 Å². The summed E-state index contributed by atoms with van der Waals surface area (Å²) in [6.07, 6.45) is 2.96. The number of H-pyrrole nitrogens is 1. The highest BCUT2D eigenvalue weighted by Gasteiger charge is 2.28. The van der Waals surface area contributed by atoms with Gasteiger partial charge in [-0.15, -0.1) is 0 Å². The van der Waals surface area contributed by atoms with Crippen molar-refractivity contribution in [2.24, 2.45) is 7.05 Å². The summed E-state index contributed by atoms with van der Waals surface area (Å²) in [6.45, 7) is 1.48. The fourth-order valence-electron chi connectivity index (χ4n) is 3.79. The number of aryl methyl sites for hydroxylation is 1. The molecule has 0 aliphatic rings. The van der Waals surface area contributed by atoms with E-state index >= 15 is 0 Å². The number of carbonyl (C=O) groups is 1. The van der Waals surface area contributed by atoms with Gasteiger partial charge in [-0.25, -0.2) is 27.5 Å². The lowest BCUT2D eigenvalue weighted by atomic mass is 10.1. The van der Waals surface area contributed by atoms with Crippen LogP contribution in [-0.2, 0) is 18.3 Å². The van der Waals surface area contributed by atoms with Crippen LogP contribution in [0.4, 0.5) is 13.2 Å². The van der Waals surface area contributed by atoms with Crippen LogP contribution >= 0.6 is 0 Å². The van der Waals surface area contributed by atoms with E-state index in [-0.39, 0.29) is 22.9 Å². The lowest BCUT2D eigenvalue weighted by molar-refractivity contribution is -0.125. The van der Waals surface area contributed by atoms with Crippen LogP contribution in [0.25, 0.3) is 10.9 Å². The lowest BCUT2D eigenvalue weighted by Gasteiger charge is -2.22. The molecule has 0 saturated heterocycles. The molecule has 34 heavy (non-hydrogen) atoms. The second-order valence-electron chi connectivity index (χ2n) is 7.94. The van der Waals surface area contributed by atoms with Crippen molar-refractivity contribution in [2.75, 3.05) is 0 Å². The number of hydrogen-bond donors (Lipinski definition) is 2. The number of rotatable bonds is 6. The van der Waals surface area contributed by atoms with Crippen LogP contribution in [0.3, 0.4) is 0 Å². The maximum atomic E-state index is 14.2. The number of benzene rings is 2. The monoisotopic (exact) mass is 471 g/mol. The van der Waals surface area contributed by atoms with E-state index in [2.05, 4.69) is 15.3 Å². The number of nitrogens with one attached hydrogen (secondary N) is 2. The van der Waals surface area contributed by atoms with Gasteiger partial charge in [-0.3, -0.25) is 9.59 Å². The molecule has 176 valence electrons. The highest BCUT2D eigenvalue weighted by atomic mass is 19.1. The summed E-state index contributed by atoms with van der Waals surface area (Å²) in [7, 11) is 1.71. The van der Waals surface area contributed by atoms with Crippen LogP contribution in [0.5, 0.6) is 0 Å². The van der Waals surface area contributed by atoms with E-state index in [0.29, 0.717) is 16.3 Å². The summed E-state index contributed by atoms with van der Waals surface area (Å²) in [5.74, 6) is -3.08. The summed E-state index contributed by atoms with van der Waals surface area (Å²) in [6, 6.07) is 3.97. The van der Waals surface area contributed by atoms with Gasteiger partial charge in [0.1, 0.15) is 23.5 Å². The van der Waals surface area contributed by atoms with Gasteiger partial charge in [-0.1, -0.05) is 6.07 Å². The molecule has 0 spiro atoms. The van der Waals surface area contributed by atoms with Crippen LogP contribution in [0.15, 0.2) is 58.5 Å². The zero-order valence-corrected chi connectivity index (χ0v) is 18.2. The standard InChI is InChI=1S/C23H20F3N5O3/c1-12(16-5-3-14(25)8-18(16)26)28-21(32)20(9-15-10-30(2)11-27-15)31-22(33)17-7-13(24)4-6-19(17)29-23(31)34/h3-8,10-12,20H,9H2,1-2H3,(H,28,32)(H,29,34)/t12-,20-/m0/s1. The maximum Gasteiger partial charge on any atom is 0.329 e. The molecule has 0 bridgehead atoms. The Morgan fingerprint density at radius 2 is 1.82 bits per heavy atom. The number of aromatic nitrogens is 4. The maximum absolute atomic E-state index is 14.2. The number of nitrogens with zero attached hydrogens (tertiary/aromatic N) is 3. The highest BCUT2D eigenvalue weighted by Crippen LogP contribution is 2.20. The predicted molar refractivity (Wildman–Crippen MR) is 118 cm³/mol. The molecule has 1 amide bonds. The second-order valence-corrected chi connectivity index (χ2v) is 7.94. The molecule has 0 aliphatic heterocycles. The second kappa shape index (κ2) is 9.00. The van der Waals surface area contributed by atoms with Gasteiger partial charge in [-0.2, -0.15) is 0 Å². The van der Waals surface area contributed by atoms with Crippen LogP contribution in [0.2, 0.25) is 0 Å². The fraction of sp³-hybridized carbons (Fsp3) is 0.217. The topological polar surface area (TPSA) is 102 Å². The summed E-state index contributed by atoms with van der Waals surface area (Å²) in [4.78, 5) is 45.9. The van der Waals surface area contributed by atoms with Gasteiger partial charge in [0.05, 0.1) is 29.0 Å². The van der Waals surface area contributed by atoms with Crippen molar-refractivity contribution in [3.05, 3.63) is 98.5 Å². The van der Waals surface area contributed by atoms with E-state index in [1.165, 1.54) is 25.4 Å². The van der Waals surface area contributed by atoms with Crippen LogP contribution in [0.1, 0.15) is 30.3 Å². The lowest BCUT2D eigenvalue weighted by Crippen LogP contribution is -2.46. The number of aromatic amines is 1.